The standard InChI is InChI=1S/C18H14N4O2/c1-11-7-9-13(10-8-11)17-21-22-18(24-17)14-15(19)23-16(20-14)12-5-3-2-4-6-12/h2-10H,19H2,1H3. The minimum atomic E-state index is 0.146. The molecule has 24 heavy (non-hydrogen) atoms. The first-order valence-electron chi connectivity index (χ1n) is 7.43. The van der Waals surface area contributed by atoms with E-state index in [-0.39, 0.29) is 11.8 Å². The van der Waals surface area contributed by atoms with Crippen LogP contribution in [0.4, 0.5) is 5.88 Å². The fraction of sp³-hybridized carbons (Fsp3) is 0.0556. The number of benzene rings is 2. The highest BCUT2D eigenvalue weighted by Crippen LogP contribution is 2.31. The molecule has 4 rings (SSSR count). The summed E-state index contributed by atoms with van der Waals surface area (Å²) in [6, 6.07) is 17.3. The summed E-state index contributed by atoms with van der Waals surface area (Å²) in [6.07, 6.45) is 0. The average molecular weight is 318 g/mol. The maximum Gasteiger partial charge on any atom is 0.272 e. The van der Waals surface area contributed by atoms with Crippen molar-refractivity contribution in [3.8, 4) is 34.5 Å². The maximum atomic E-state index is 5.92. The Labute approximate surface area is 138 Å². The SMILES string of the molecule is Cc1ccc(-c2nnc(-c3nc(-c4ccccc4)oc3N)o2)cc1. The monoisotopic (exact) mass is 318 g/mol. The first-order valence-corrected chi connectivity index (χ1v) is 7.43. The van der Waals surface area contributed by atoms with Gasteiger partial charge in [0.25, 0.3) is 5.89 Å². The lowest BCUT2D eigenvalue weighted by atomic mass is 10.1. The fourth-order valence-electron chi connectivity index (χ4n) is 2.32. The molecule has 0 bridgehead atoms. The third-order valence-corrected chi connectivity index (χ3v) is 3.60. The van der Waals surface area contributed by atoms with Gasteiger partial charge < -0.3 is 14.6 Å². The molecule has 0 unspecified atom stereocenters. The Balaban J connectivity index is 1.70. The topological polar surface area (TPSA) is 91.0 Å². The van der Waals surface area contributed by atoms with Gasteiger partial charge in [-0.3, -0.25) is 0 Å². The lowest BCUT2D eigenvalue weighted by Crippen LogP contribution is -1.86. The Morgan fingerprint density at radius 2 is 1.42 bits per heavy atom. The van der Waals surface area contributed by atoms with Crippen LogP contribution in [-0.2, 0) is 0 Å². The Morgan fingerprint density at radius 3 is 2.17 bits per heavy atom. The van der Waals surface area contributed by atoms with E-state index >= 15 is 0 Å². The average Bonchev–Trinajstić information content (AvgIpc) is 3.23. The smallest absolute Gasteiger partial charge is 0.272 e. The van der Waals surface area contributed by atoms with E-state index in [1.165, 1.54) is 0 Å². The molecule has 0 atom stereocenters. The van der Waals surface area contributed by atoms with E-state index in [1.807, 2.05) is 61.5 Å². The van der Waals surface area contributed by atoms with Crippen molar-refractivity contribution in [3.63, 3.8) is 0 Å². The third kappa shape index (κ3) is 2.54. The van der Waals surface area contributed by atoms with Crippen molar-refractivity contribution < 1.29 is 8.83 Å². The van der Waals surface area contributed by atoms with Crippen LogP contribution in [-0.4, -0.2) is 15.2 Å². The molecule has 0 saturated carbocycles. The Bertz CT molecular complexity index is 972. The van der Waals surface area contributed by atoms with Gasteiger partial charge in [-0.15, -0.1) is 10.2 Å². The molecule has 2 aromatic heterocycles. The van der Waals surface area contributed by atoms with Crippen molar-refractivity contribution in [2.45, 2.75) is 6.92 Å². The van der Waals surface area contributed by atoms with E-state index in [0.29, 0.717) is 17.5 Å². The molecule has 0 radical (unpaired) electrons. The van der Waals surface area contributed by atoms with E-state index in [2.05, 4.69) is 15.2 Å². The molecular weight excluding hydrogens is 304 g/mol. The third-order valence-electron chi connectivity index (χ3n) is 3.60. The van der Waals surface area contributed by atoms with E-state index in [4.69, 9.17) is 14.6 Å². The molecule has 4 aromatic rings. The number of aryl methyl sites for hydroxylation is 1. The highest BCUT2D eigenvalue weighted by atomic mass is 16.4. The molecule has 2 heterocycles. The summed E-state index contributed by atoms with van der Waals surface area (Å²) < 4.78 is 11.2. The number of hydrogen-bond donors (Lipinski definition) is 1. The van der Waals surface area contributed by atoms with Gasteiger partial charge >= 0.3 is 0 Å². The van der Waals surface area contributed by atoms with Gasteiger partial charge in [0.2, 0.25) is 17.7 Å². The van der Waals surface area contributed by atoms with Gasteiger partial charge in [0, 0.05) is 11.1 Å². The highest BCUT2D eigenvalue weighted by Gasteiger charge is 2.20. The summed E-state index contributed by atoms with van der Waals surface area (Å²) in [5, 5.41) is 8.10. The summed E-state index contributed by atoms with van der Waals surface area (Å²) in [5.41, 5.74) is 9.09. The zero-order valence-corrected chi connectivity index (χ0v) is 12.9. The number of hydrogen-bond acceptors (Lipinski definition) is 6. The van der Waals surface area contributed by atoms with Gasteiger partial charge in [0.1, 0.15) is 0 Å². The van der Waals surface area contributed by atoms with Gasteiger partial charge in [-0.2, -0.15) is 0 Å². The van der Waals surface area contributed by atoms with Crippen molar-refractivity contribution in [2.75, 3.05) is 5.73 Å². The Hall–Kier alpha value is -3.41. The van der Waals surface area contributed by atoms with Crippen molar-refractivity contribution >= 4 is 5.88 Å². The molecule has 0 amide bonds. The van der Waals surface area contributed by atoms with Crippen LogP contribution < -0.4 is 5.73 Å². The first-order chi connectivity index (χ1) is 11.7. The number of aromatic nitrogens is 3. The molecule has 0 aliphatic rings. The van der Waals surface area contributed by atoms with E-state index < -0.39 is 0 Å². The molecule has 0 spiro atoms. The van der Waals surface area contributed by atoms with E-state index in [9.17, 15) is 0 Å². The Kier molecular flexibility index (Phi) is 3.35. The van der Waals surface area contributed by atoms with Crippen molar-refractivity contribution in [1.29, 1.82) is 0 Å². The van der Waals surface area contributed by atoms with E-state index in [0.717, 1.165) is 16.7 Å². The highest BCUT2D eigenvalue weighted by molar-refractivity contribution is 5.67. The summed E-state index contributed by atoms with van der Waals surface area (Å²) in [4.78, 5) is 4.38. The molecule has 0 aliphatic carbocycles. The maximum absolute atomic E-state index is 5.92. The fourth-order valence-corrected chi connectivity index (χ4v) is 2.32. The van der Waals surface area contributed by atoms with E-state index in [1.54, 1.807) is 0 Å². The number of nitrogens with two attached hydrogens (primary N) is 1. The molecule has 118 valence electrons. The first kappa shape index (κ1) is 14.2. The van der Waals surface area contributed by atoms with Gasteiger partial charge in [-0.05, 0) is 31.2 Å². The second-order valence-electron chi connectivity index (χ2n) is 5.38. The van der Waals surface area contributed by atoms with Crippen LogP contribution in [0.1, 0.15) is 5.56 Å². The van der Waals surface area contributed by atoms with Gasteiger partial charge in [-0.25, -0.2) is 4.98 Å². The summed E-state index contributed by atoms with van der Waals surface area (Å²) in [5.74, 6) is 1.20. The summed E-state index contributed by atoms with van der Waals surface area (Å²) in [6.45, 7) is 2.02. The van der Waals surface area contributed by atoms with Gasteiger partial charge in [0.05, 0.1) is 0 Å². The predicted molar refractivity (Wildman–Crippen MR) is 89.8 cm³/mol. The molecule has 0 fully saturated rings. The van der Waals surface area contributed by atoms with Crippen LogP contribution >= 0.6 is 0 Å². The second-order valence-corrected chi connectivity index (χ2v) is 5.38. The minimum absolute atomic E-state index is 0.146. The number of oxazole rings is 1. The number of nitrogens with zero attached hydrogens (tertiary/aromatic N) is 3. The largest absolute Gasteiger partial charge is 0.420 e. The zero-order chi connectivity index (χ0) is 16.5. The van der Waals surface area contributed by atoms with Crippen molar-refractivity contribution in [2.24, 2.45) is 0 Å². The van der Waals surface area contributed by atoms with Gasteiger partial charge in [-0.1, -0.05) is 35.9 Å². The molecule has 6 nitrogen and oxygen atoms in total. The summed E-state index contributed by atoms with van der Waals surface area (Å²) in [7, 11) is 0. The lowest BCUT2D eigenvalue weighted by molar-refractivity contribution is 0.579. The van der Waals surface area contributed by atoms with Crippen molar-refractivity contribution in [3.05, 3.63) is 60.2 Å². The predicted octanol–water partition coefficient (Wildman–Crippen LogP) is 3.95. The number of anilines is 1. The van der Waals surface area contributed by atoms with Gasteiger partial charge in [0.15, 0.2) is 5.69 Å². The minimum Gasteiger partial charge on any atom is -0.420 e. The second kappa shape index (κ2) is 5.66. The molecule has 2 aromatic carbocycles. The van der Waals surface area contributed by atoms with Crippen LogP contribution in [0.15, 0.2) is 63.4 Å². The van der Waals surface area contributed by atoms with Crippen LogP contribution in [0.2, 0.25) is 0 Å². The Morgan fingerprint density at radius 1 is 0.750 bits per heavy atom. The molecular formula is C18H14N4O2. The molecule has 2 N–H and O–H groups in total. The number of rotatable bonds is 3. The lowest BCUT2D eigenvalue weighted by Gasteiger charge is -1.95. The van der Waals surface area contributed by atoms with Crippen LogP contribution in [0.5, 0.6) is 0 Å². The summed E-state index contributed by atoms with van der Waals surface area (Å²) >= 11 is 0. The number of nitrogen functional groups attached to an aromatic ring is 1. The quantitative estimate of drug-likeness (QED) is 0.615. The van der Waals surface area contributed by atoms with Crippen LogP contribution in [0, 0.1) is 6.92 Å². The van der Waals surface area contributed by atoms with Crippen LogP contribution in [0.3, 0.4) is 0 Å². The molecule has 0 aliphatic heterocycles. The zero-order valence-electron chi connectivity index (χ0n) is 12.9. The van der Waals surface area contributed by atoms with Crippen molar-refractivity contribution in [1.82, 2.24) is 15.2 Å². The molecule has 6 heteroatoms. The van der Waals surface area contributed by atoms with Crippen LogP contribution in [0.25, 0.3) is 34.5 Å². The molecule has 0 saturated heterocycles. The normalized spacial score (nSPS) is 10.9.